The number of carbonyl (C=O) groups is 1. The molecule has 1 atom stereocenters. The van der Waals surface area contributed by atoms with E-state index in [9.17, 15) is 4.79 Å². The van der Waals surface area contributed by atoms with Crippen LogP contribution in [0.3, 0.4) is 0 Å². The molecule has 90 valence electrons. The van der Waals surface area contributed by atoms with Crippen LogP contribution in [0.2, 0.25) is 0 Å². The number of amides is 1. The molecule has 0 rings (SSSR count). The fourth-order valence-electron chi connectivity index (χ4n) is 0.861. The highest BCUT2D eigenvalue weighted by molar-refractivity contribution is 5.79. The minimum absolute atomic E-state index is 0.146. The number of carbonyl (C=O) groups excluding carboxylic acids is 1. The highest BCUT2D eigenvalue weighted by Crippen LogP contribution is 2.05. The molecule has 0 heterocycles. The summed E-state index contributed by atoms with van der Waals surface area (Å²) >= 11 is 0. The van der Waals surface area contributed by atoms with Crippen molar-refractivity contribution in [3.63, 3.8) is 0 Å². The molecule has 0 aromatic carbocycles. The summed E-state index contributed by atoms with van der Waals surface area (Å²) in [4.78, 5) is 10.6. The van der Waals surface area contributed by atoms with Crippen LogP contribution < -0.4 is 11.5 Å². The number of hydrogen-bond donors (Lipinski definition) is 2. The summed E-state index contributed by atoms with van der Waals surface area (Å²) in [6, 6.07) is -0.617. The monoisotopic (exact) mass is 218 g/mol. The van der Waals surface area contributed by atoms with Gasteiger partial charge in [0.1, 0.15) is 0 Å². The second-order valence-corrected chi connectivity index (χ2v) is 4.37. The van der Waals surface area contributed by atoms with Crippen LogP contribution in [0.25, 0.3) is 0 Å². The van der Waals surface area contributed by atoms with E-state index in [0.717, 1.165) is 0 Å². The van der Waals surface area contributed by atoms with Gasteiger partial charge in [-0.1, -0.05) is 0 Å². The Labute approximate surface area is 91.1 Å². The van der Waals surface area contributed by atoms with Crippen LogP contribution >= 0.6 is 0 Å². The van der Waals surface area contributed by atoms with Gasteiger partial charge in [0.2, 0.25) is 5.91 Å². The van der Waals surface area contributed by atoms with E-state index in [2.05, 4.69) is 0 Å². The van der Waals surface area contributed by atoms with Crippen LogP contribution in [0.5, 0.6) is 0 Å². The number of ether oxygens (including phenoxy) is 2. The SMILES string of the molecule is CC(C)(C)OCCOCCC(N)C(N)=O. The lowest BCUT2D eigenvalue weighted by molar-refractivity contribution is -0.119. The summed E-state index contributed by atoms with van der Waals surface area (Å²) in [6.45, 7) is 7.41. The molecule has 0 saturated carbocycles. The summed E-state index contributed by atoms with van der Waals surface area (Å²) in [5, 5.41) is 0. The molecule has 0 radical (unpaired) electrons. The zero-order valence-electron chi connectivity index (χ0n) is 9.79. The van der Waals surface area contributed by atoms with E-state index >= 15 is 0 Å². The maximum atomic E-state index is 10.6. The molecule has 0 aliphatic carbocycles. The van der Waals surface area contributed by atoms with Crippen molar-refractivity contribution in [1.29, 1.82) is 0 Å². The summed E-state index contributed by atoms with van der Waals surface area (Å²) in [5.74, 6) is -0.496. The Bertz CT molecular complexity index is 190. The highest BCUT2D eigenvalue weighted by atomic mass is 16.5. The van der Waals surface area contributed by atoms with Gasteiger partial charge < -0.3 is 20.9 Å². The van der Waals surface area contributed by atoms with Crippen molar-refractivity contribution in [3.05, 3.63) is 0 Å². The first-order valence-corrected chi connectivity index (χ1v) is 5.09. The first kappa shape index (κ1) is 14.3. The molecule has 0 spiro atoms. The second-order valence-electron chi connectivity index (χ2n) is 4.37. The Morgan fingerprint density at radius 1 is 1.27 bits per heavy atom. The molecule has 0 bridgehead atoms. The van der Waals surface area contributed by atoms with Gasteiger partial charge in [-0.2, -0.15) is 0 Å². The van der Waals surface area contributed by atoms with Crippen LogP contribution in [0, 0.1) is 0 Å². The van der Waals surface area contributed by atoms with Gasteiger partial charge in [0.25, 0.3) is 0 Å². The molecular weight excluding hydrogens is 196 g/mol. The zero-order valence-corrected chi connectivity index (χ0v) is 9.79. The maximum absolute atomic E-state index is 10.6. The third kappa shape index (κ3) is 9.65. The average molecular weight is 218 g/mol. The van der Waals surface area contributed by atoms with Crippen LogP contribution in [-0.4, -0.2) is 37.4 Å². The van der Waals surface area contributed by atoms with Gasteiger partial charge in [0.05, 0.1) is 24.9 Å². The highest BCUT2D eigenvalue weighted by Gasteiger charge is 2.10. The fraction of sp³-hybridized carbons (Fsp3) is 0.900. The third-order valence-corrected chi connectivity index (χ3v) is 1.70. The molecule has 0 aromatic rings. The van der Waals surface area contributed by atoms with Crippen molar-refractivity contribution in [2.75, 3.05) is 19.8 Å². The molecule has 0 aliphatic heterocycles. The maximum Gasteiger partial charge on any atom is 0.234 e. The van der Waals surface area contributed by atoms with Gasteiger partial charge >= 0.3 is 0 Å². The van der Waals surface area contributed by atoms with Gasteiger partial charge in [0, 0.05) is 6.61 Å². The molecule has 1 unspecified atom stereocenters. The van der Waals surface area contributed by atoms with Crippen molar-refractivity contribution in [3.8, 4) is 0 Å². The predicted molar refractivity (Wildman–Crippen MR) is 58.3 cm³/mol. The van der Waals surface area contributed by atoms with Crippen molar-refractivity contribution < 1.29 is 14.3 Å². The van der Waals surface area contributed by atoms with Gasteiger partial charge in [-0.05, 0) is 27.2 Å². The molecule has 4 N–H and O–H groups in total. The molecule has 0 saturated heterocycles. The third-order valence-electron chi connectivity index (χ3n) is 1.70. The Kier molecular flexibility index (Phi) is 6.47. The van der Waals surface area contributed by atoms with Gasteiger partial charge in [-0.15, -0.1) is 0 Å². The van der Waals surface area contributed by atoms with E-state index in [1.165, 1.54) is 0 Å². The molecule has 0 aliphatic rings. The molecule has 0 fully saturated rings. The largest absolute Gasteiger partial charge is 0.379 e. The second kappa shape index (κ2) is 6.76. The van der Waals surface area contributed by atoms with Crippen LogP contribution in [0.4, 0.5) is 0 Å². The van der Waals surface area contributed by atoms with Crippen LogP contribution in [-0.2, 0) is 14.3 Å². The smallest absolute Gasteiger partial charge is 0.234 e. The number of rotatable bonds is 7. The summed E-state index contributed by atoms with van der Waals surface area (Å²) in [6.07, 6.45) is 0.449. The van der Waals surface area contributed by atoms with Crippen molar-refractivity contribution >= 4 is 5.91 Å². The first-order valence-electron chi connectivity index (χ1n) is 5.09. The fourth-order valence-corrected chi connectivity index (χ4v) is 0.861. The Morgan fingerprint density at radius 2 is 1.87 bits per heavy atom. The van der Waals surface area contributed by atoms with E-state index in [-0.39, 0.29) is 5.60 Å². The molecule has 5 heteroatoms. The molecular formula is C10H22N2O3. The van der Waals surface area contributed by atoms with Crippen LogP contribution in [0.1, 0.15) is 27.2 Å². The lowest BCUT2D eigenvalue weighted by atomic mass is 10.2. The summed E-state index contributed by atoms with van der Waals surface area (Å²) < 4.78 is 10.7. The number of hydrogen-bond acceptors (Lipinski definition) is 4. The van der Waals surface area contributed by atoms with E-state index in [1.807, 2.05) is 20.8 Å². The Hall–Kier alpha value is -0.650. The zero-order chi connectivity index (χ0) is 11.9. The van der Waals surface area contributed by atoms with Crippen LogP contribution in [0.15, 0.2) is 0 Å². The van der Waals surface area contributed by atoms with Gasteiger partial charge in [0.15, 0.2) is 0 Å². The van der Waals surface area contributed by atoms with E-state index < -0.39 is 11.9 Å². The molecule has 5 nitrogen and oxygen atoms in total. The first-order chi connectivity index (χ1) is 6.83. The van der Waals surface area contributed by atoms with E-state index in [4.69, 9.17) is 20.9 Å². The normalized spacial score (nSPS) is 13.9. The number of nitrogens with two attached hydrogens (primary N) is 2. The van der Waals surface area contributed by atoms with Gasteiger partial charge in [-0.25, -0.2) is 0 Å². The standard InChI is InChI=1S/C10H22N2O3/c1-10(2,3)15-7-6-14-5-4-8(11)9(12)13/h8H,4-7,11H2,1-3H3,(H2,12,13). The predicted octanol–water partition coefficient (Wildman–Crippen LogP) is 0.0208. The molecule has 0 aromatic heterocycles. The van der Waals surface area contributed by atoms with Crippen molar-refractivity contribution in [2.24, 2.45) is 11.5 Å². The quantitative estimate of drug-likeness (QED) is 0.590. The van der Waals surface area contributed by atoms with E-state index in [1.54, 1.807) is 0 Å². The Morgan fingerprint density at radius 3 is 2.33 bits per heavy atom. The topological polar surface area (TPSA) is 87.6 Å². The van der Waals surface area contributed by atoms with Crippen molar-refractivity contribution in [2.45, 2.75) is 38.8 Å². The van der Waals surface area contributed by atoms with E-state index in [0.29, 0.717) is 26.2 Å². The minimum atomic E-state index is -0.617. The minimum Gasteiger partial charge on any atom is -0.379 e. The summed E-state index contributed by atoms with van der Waals surface area (Å²) in [5.41, 5.74) is 10.3. The van der Waals surface area contributed by atoms with Gasteiger partial charge in [-0.3, -0.25) is 4.79 Å². The average Bonchev–Trinajstić information content (AvgIpc) is 2.08. The molecule has 1 amide bonds. The summed E-state index contributed by atoms with van der Waals surface area (Å²) in [7, 11) is 0. The lowest BCUT2D eigenvalue weighted by Crippen LogP contribution is -2.37. The lowest BCUT2D eigenvalue weighted by Gasteiger charge is -2.19. The molecule has 15 heavy (non-hydrogen) atoms. The Balaban J connectivity index is 3.29. The number of primary amides is 1. The van der Waals surface area contributed by atoms with Crippen molar-refractivity contribution in [1.82, 2.24) is 0 Å².